The third-order valence-electron chi connectivity index (χ3n) is 9.02. The van der Waals surface area contributed by atoms with Crippen LogP contribution in [0.4, 0.5) is 0 Å². The van der Waals surface area contributed by atoms with Crippen molar-refractivity contribution >= 4 is 12.3 Å². The van der Waals surface area contributed by atoms with Gasteiger partial charge in [0.25, 0.3) is 0 Å². The van der Waals surface area contributed by atoms with E-state index in [4.69, 9.17) is 4.74 Å². The monoisotopic (exact) mass is 404 g/mol. The fourth-order valence-electron chi connectivity index (χ4n) is 7.38. The topological polar surface area (TPSA) is 43.4 Å². The molecule has 3 fully saturated rings. The number of carbonyl (C=O) groups excluding carboxylic acids is 2. The highest BCUT2D eigenvalue weighted by atomic mass is 16.6. The van der Waals surface area contributed by atoms with Gasteiger partial charge in [0.05, 0.1) is 0 Å². The van der Waals surface area contributed by atoms with Gasteiger partial charge in [-0.3, -0.25) is 4.79 Å². The summed E-state index contributed by atoms with van der Waals surface area (Å²) in [5.74, 6) is 2.91. The molecule has 0 N–H and O–H groups in total. The van der Waals surface area contributed by atoms with Crippen molar-refractivity contribution in [2.75, 3.05) is 0 Å². The molecule has 1 aliphatic heterocycles. The van der Waals surface area contributed by atoms with Crippen LogP contribution >= 0.6 is 0 Å². The summed E-state index contributed by atoms with van der Waals surface area (Å²) in [6.45, 7) is 9.32. The van der Waals surface area contributed by atoms with E-state index >= 15 is 0 Å². The van der Waals surface area contributed by atoms with Gasteiger partial charge in [0.2, 0.25) is 0 Å². The summed E-state index contributed by atoms with van der Waals surface area (Å²) in [5.41, 5.74) is -0.00888. The molecule has 0 aromatic carbocycles. The van der Waals surface area contributed by atoms with Crippen LogP contribution in [0.25, 0.3) is 0 Å². The molecule has 3 nitrogen and oxygen atoms in total. The number of hydrogen-bond acceptors (Lipinski definition) is 3. The van der Waals surface area contributed by atoms with Gasteiger partial charge in [-0.15, -0.1) is 0 Å². The highest BCUT2D eigenvalue weighted by Crippen LogP contribution is 2.62. The molecular formula is C26H44O3. The SMILES string of the molecule is CC(C)CCCC[C@H]1CCC2[C@H](CC=O)C(C3(C)CCCCC(=O)O3)CC[C@@]21C. The number of fused-ring (bicyclic) bond motifs is 1. The molecule has 3 heteroatoms. The van der Waals surface area contributed by atoms with Crippen LogP contribution in [0.1, 0.15) is 111 Å². The molecule has 1 heterocycles. The third kappa shape index (κ3) is 4.90. The Labute approximate surface area is 178 Å². The molecule has 0 amide bonds. The maximum Gasteiger partial charge on any atom is 0.306 e. The Morgan fingerprint density at radius 3 is 2.59 bits per heavy atom. The van der Waals surface area contributed by atoms with E-state index in [9.17, 15) is 9.59 Å². The molecule has 3 aliphatic rings. The Bertz CT molecular complexity index is 570. The minimum Gasteiger partial charge on any atom is -0.459 e. The van der Waals surface area contributed by atoms with Gasteiger partial charge in [-0.1, -0.05) is 40.0 Å². The van der Waals surface area contributed by atoms with Crippen molar-refractivity contribution in [3.63, 3.8) is 0 Å². The first kappa shape index (κ1) is 22.8. The lowest BCUT2D eigenvalue weighted by Crippen LogP contribution is -2.51. The van der Waals surface area contributed by atoms with Crippen molar-refractivity contribution in [2.45, 2.75) is 117 Å². The smallest absolute Gasteiger partial charge is 0.306 e. The molecule has 0 aromatic rings. The van der Waals surface area contributed by atoms with Crippen LogP contribution in [0.3, 0.4) is 0 Å². The normalized spacial score (nSPS) is 40.4. The number of ether oxygens (including phenoxy) is 1. The molecule has 6 atom stereocenters. The number of rotatable bonds is 8. The van der Waals surface area contributed by atoms with E-state index in [1.165, 1.54) is 44.9 Å². The van der Waals surface area contributed by atoms with Crippen LogP contribution in [0, 0.1) is 35.0 Å². The lowest BCUT2D eigenvalue weighted by atomic mass is 9.54. The average molecular weight is 405 g/mol. The zero-order valence-electron chi connectivity index (χ0n) is 19.4. The number of cyclic esters (lactones) is 1. The fourth-order valence-corrected chi connectivity index (χ4v) is 7.38. The maximum absolute atomic E-state index is 12.3. The Kier molecular flexibility index (Phi) is 7.49. The Morgan fingerprint density at radius 1 is 1.07 bits per heavy atom. The molecule has 3 unspecified atom stereocenters. The number of aldehydes is 1. The van der Waals surface area contributed by atoms with Crippen LogP contribution in [0.15, 0.2) is 0 Å². The Morgan fingerprint density at radius 2 is 1.86 bits per heavy atom. The lowest BCUT2D eigenvalue weighted by molar-refractivity contribution is -0.172. The van der Waals surface area contributed by atoms with Crippen LogP contribution in [0.5, 0.6) is 0 Å². The van der Waals surface area contributed by atoms with Crippen LogP contribution < -0.4 is 0 Å². The predicted octanol–water partition coefficient (Wildman–Crippen LogP) is 6.73. The predicted molar refractivity (Wildman–Crippen MR) is 117 cm³/mol. The third-order valence-corrected chi connectivity index (χ3v) is 9.02. The van der Waals surface area contributed by atoms with Crippen molar-refractivity contribution in [2.24, 2.45) is 35.0 Å². The minimum atomic E-state index is -0.377. The zero-order valence-corrected chi connectivity index (χ0v) is 19.4. The highest BCUT2D eigenvalue weighted by Gasteiger charge is 2.57. The highest BCUT2D eigenvalue weighted by molar-refractivity contribution is 5.70. The van der Waals surface area contributed by atoms with Crippen LogP contribution in [0.2, 0.25) is 0 Å². The molecule has 2 saturated carbocycles. The van der Waals surface area contributed by atoms with E-state index in [2.05, 4.69) is 27.7 Å². The summed E-state index contributed by atoms with van der Waals surface area (Å²) >= 11 is 0. The molecule has 29 heavy (non-hydrogen) atoms. The molecule has 3 rings (SSSR count). The second-order valence-corrected chi connectivity index (χ2v) is 11.3. The quantitative estimate of drug-likeness (QED) is 0.256. The molecule has 0 spiro atoms. The van der Waals surface area contributed by atoms with Gasteiger partial charge < -0.3 is 9.53 Å². The molecule has 0 aromatic heterocycles. The van der Waals surface area contributed by atoms with E-state index in [0.717, 1.165) is 43.8 Å². The minimum absolute atomic E-state index is 0.0300. The van der Waals surface area contributed by atoms with Crippen molar-refractivity contribution in [1.29, 1.82) is 0 Å². The summed E-state index contributed by atoms with van der Waals surface area (Å²) in [6.07, 6.45) is 15.6. The molecule has 2 aliphatic carbocycles. The fraction of sp³-hybridized carbons (Fsp3) is 0.923. The van der Waals surface area contributed by atoms with Crippen molar-refractivity contribution in [1.82, 2.24) is 0 Å². The van der Waals surface area contributed by atoms with Crippen molar-refractivity contribution in [3.05, 3.63) is 0 Å². The first-order valence-electron chi connectivity index (χ1n) is 12.5. The summed E-state index contributed by atoms with van der Waals surface area (Å²) in [6, 6.07) is 0. The Balaban J connectivity index is 1.73. The largest absolute Gasteiger partial charge is 0.459 e. The average Bonchev–Trinajstić information content (AvgIpc) is 2.88. The van der Waals surface area contributed by atoms with E-state index < -0.39 is 0 Å². The molecule has 1 saturated heterocycles. The second kappa shape index (κ2) is 9.52. The molecular weight excluding hydrogens is 360 g/mol. The summed E-state index contributed by atoms with van der Waals surface area (Å²) in [5, 5.41) is 0. The number of carbonyl (C=O) groups is 2. The van der Waals surface area contributed by atoms with E-state index in [-0.39, 0.29) is 11.6 Å². The van der Waals surface area contributed by atoms with Crippen molar-refractivity contribution < 1.29 is 14.3 Å². The Hall–Kier alpha value is -0.860. The van der Waals surface area contributed by atoms with Crippen LogP contribution in [-0.4, -0.2) is 17.9 Å². The van der Waals surface area contributed by atoms with E-state index in [1.54, 1.807) is 0 Å². The number of unbranched alkanes of at least 4 members (excludes halogenated alkanes) is 1. The molecule has 0 bridgehead atoms. The van der Waals surface area contributed by atoms with E-state index in [0.29, 0.717) is 36.0 Å². The second-order valence-electron chi connectivity index (χ2n) is 11.3. The number of hydrogen-bond donors (Lipinski definition) is 0. The van der Waals surface area contributed by atoms with Gasteiger partial charge in [0.15, 0.2) is 0 Å². The first-order valence-corrected chi connectivity index (χ1v) is 12.5. The number of esters is 1. The van der Waals surface area contributed by atoms with Crippen molar-refractivity contribution in [3.8, 4) is 0 Å². The first-order chi connectivity index (χ1) is 13.8. The van der Waals surface area contributed by atoms with Crippen LogP contribution in [-0.2, 0) is 14.3 Å². The standard InChI is InChI=1S/C26H44O3/c1-19(2)9-5-6-10-20-12-13-22-21(15-18-27)23(14-17-25(20,22)3)26(4)16-8-7-11-24(28)29-26/h18-23H,5-17H2,1-4H3/t20-,21-,22?,23?,25+,26?/m0/s1. The maximum atomic E-state index is 12.3. The van der Waals surface area contributed by atoms with Gasteiger partial charge in [0, 0.05) is 18.8 Å². The zero-order chi connectivity index (χ0) is 21.1. The summed E-state index contributed by atoms with van der Waals surface area (Å²) in [7, 11) is 0. The lowest BCUT2D eigenvalue weighted by Gasteiger charge is -2.53. The van der Waals surface area contributed by atoms with E-state index in [1.807, 2.05) is 0 Å². The molecule has 0 radical (unpaired) electrons. The van der Waals surface area contributed by atoms with Gasteiger partial charge >= 0.3 is 5.97 Å². The summed E-state index contributed by atoms with van der Waals surface area (Å²) in [4.78, 5) is 23.9. The van der Waals surface area contributed by atoms with Gasteiger partial charge in [-0.25, -0.2) is 0 Å². The summed E-state index contributed by atoms with van der Waals surface area (Å²) < 4.78 is 6.07. The molecule has 166 valence electrons. The van der Waals surface area contributed by atoms with Gasteiger partial charge in [-0.05, 0) is 87.4 Å². The van der Waals surface area contributed by atoms with Gasteiger partial charge in [-0.2, -0.15) is 0 Å². The van der Waals surface area contributed by atoms with Gasteiger partial charge in [0.1, 0.15) is 11.9 Å².